The summed E-state index contributed by atoms with van der Waals surface area (Å²) in [6, 6.07) is 25.6. The van der Waals surface area contributed by atoms with Crippen molar-refractivity contribution in [3.05, 3.63) is 84.7 Å². The number of rotatable bonds is 1. The Hall–Kier alpha value is -2.67. The van der Waals surface area contributed by atoms with Gasteiger partial charge in [0.25, 0.3) is 0 Å². The minimum Gasteiger partial charge on any atom is -0.207 e. The van der Waals surface area contributed by atoms with Crippen molar-refractivity contribution in [2.75, 3.05) is 0 Å². The zero-order valence-electron chi connectivity index (χ0n) is 11.4. The van der Waals surface area contributed by atoms with Crippen molar-refractivity contribution in [3.63, 3.8) is 0 Å². The van der Waals surface area contributed by atoms with Crippen molar-refractivity contribution in [2.45, 2.75) is 0 Å². The van der Waals surface area contributed by atoms with Gasteiger partial charge in [0.1, 0.15) is 5.82 Å². The number of hydrogen-bond acceptors (Lipinski definition) is 0. The first kappa shape index (κ1) is 12.1. The highest BCUT2D eigenvalue weighted by Crippen LogP contribution is 2.35. The van der Waals surface area contributed by atoms with Crippen LogP contribution in [-0.4, -0.2) is 0 Å². The van der Waals surface area contributed by atoms with Crippen molar-refractivity contribution in [1.29, 1.82) is 0 Å². The Morgan fingerprint density at radius 3 is 2.19 bits per heavy atom. The largest absolute Gasteiger partial charge is 0.207 e. The van der Waals surface area contributed by atoms with E-state index in [-0.39, 0.29) is 5.82 Å². The summed E-state index contributed by atoms with van der Waals surface area (Å²) in [5, 5.41) is 4.39. The van der Waals surface area contributed by atoms with E-state index in [2.05, 4.69) is 30.3 Å². The molecule has 21 heavy (non-hydrogen) atoms. The zero-order valence-corrected chi connectivity index (χ0v) is 11.4. The van der Waals surface area contributed by atoms with E-state index in [1.54, 1.807) is 6.07 Å². The first-order chi connectivity index (χ1) is 10.3. The molecule has 0 bridgehead atoms. The first-order valence-electron chi connectivity index (χ1n) is 6.99. The molecule has 0 heterocycles. The summed E-state index contributed by atoms with van der Waals surface area (Å²) in [4.78, 5) is 0. The van der Waals surface area contributed by atoms with E-state index in [0.717, 1.165) is 27.3 Å². The predicted molar refractivity (Wildman–Crippen MR) is 86.8 cm³/mol. The Labute approximate surface area is 122 Å². The number of benzene rings is 4. The van der Waals surface area contributed by atoms with Crippen LogP contribution in [0.3, 0.4) is 0 Å². The van der Waals surface area contributed by atoms with Crippen LogP contribution >= 0.6 is 0 Å². The maximum atomic E-state index is 13.7. The number of fused-ring (bicyclic) bond motifs is 3. The molecule has 0 aliphatic heterocycles. The second-order valence-electron chi connectivity index (χ2n) is 5.20. The Bertz CT molecular complexity index is 940. The van der Waals surface area contributed by atoms with E-state index in [0.29, 0.717) is 0 Å². The molecule has 0 atom stereocenters. The van der Waals surface area contributed by atoms with Crippen LogP contribution in [0, 0.1) is 5.82 Å². The van der Waals surface area contributed by atoms with E-state index in [1.807, 2.05) is 36.4 Å². The van der Waals surface area contributed by atoms with Crippen LogP contribution in [0.5, 0.6) is 0 Å². The fourth-order valence-corrected chi connectivity index (χ4v) is 2.93. The number of hydrogen-bond donors (Lipinski definition) is 0. The zero-order chi connectivity index (χ0) is 14.2. The topological polar surface area (TPSA) is 0 Å². The molecule has 0 saturated heterocycles. The van der Waals surface area contributed by atoms with Gasteiger partial charge in [-0.3, -0.25) is 0 Å². The molecule has 0 aliphatic carbocycles. The maximum absolute atomic E-state index is 13.7. The van der Waals surface area contributed by atoms with Crippen molar-refractivity contribution in [3.8, 4) is 11.1 Å². The Morgan fingerprint density at radius 1 is 0.571 bits per heavy atom. The monoisotopic (exact) mass is 272 g/mol. The summed E-state index contributed by atoms with van der Waals surface area (Å²) < 4.78 is 13.7. The summed E-state index contributed by atoms with van der Waals surface area (Å²) in [5.41, 5.74) is 2.18. The third-order valence-electron chi connectivity index (χ3n) is 3.91. The Balaban J connectivity index is 2.20. The Morgan fingerprint density at radius 2 is 1.33 bits per heavy atom. The maximum Gasteiger partial charge on any atom is 0.123 e. The summed E-state index contributed by atoms with van der Waals surface area (Å²) in [5.74, 6) is -0.199. The van der Waals surface area contributed by atoms with Gasteiger partial charge in [-0.15, -0.1) is 0 Å². The average Bonchev–Trinajstić information content (AvgIpc) is 2.54. The molecule has 0 radical (unpaired) electrons. The molecule has 1 heteroatoms. The average molecular weight is 272 g/mol. The molecule has 0 aliphatic rings. The molecule has 0 aromatic heterocycles. The summed E-state index contributed by atoms with van der Waals surface area (Å²) in [6.07, 6.45) is 0. The molecule has 100 valence electrons. The smallest absolute Gasteiger partial charge is 0.123 e. The van der Waals surface area contributed by atoms with Gasteiger partial charge < -0.3 is 0 Å². The van der Waals surface area contributed by atoms with Crippen LogP contribution < -0.4 is 0 Å². The SMILES string of the molecule is Fc1ccc2c(c1)c(-c1ccccc1)cc1ccccc12. The highest BCUT2D eigenvalue weighted by atomic mass is 19.1. The van der Waals surface area contributed by atoms with Crippen LogP contribution in [0.2, 0.25) is 0 Å². The Kier molecular flexibility index (Phi) is 2.71. The normalized spacial score (nSPS) is 11.1. The molecular formula is C20H13F. The lowest BCUT2D eigenvalue weighted by atomic mass is 9.93. The minimum atomic E-state index is -0.199. The van der Waals surface area contributed by atoms with Crippen molar-refractivity contribution in [2.24, 2.45) is 0 Å². The lowest BCUT2D eigenvalue weighted by molar-refractivity contribution is 0.630. The number of halogens is 1. The van der Waals surface area contributed by atoms with Gasteiger partial charge >= 0.3 is 0 Å². The van der Waals surface area contributed by atoms with E-state index in [4.69, 9.17) is 0 Å². The summed E-state index contributed by atoms with van der Waals surface area (Å²) in [6.45, 7) is 0. The molecule has 0 amide bonds. The van der Waals surface area contributed by atoms with Gasteiger partial charge in [0, 0.05) is 0 Å². The minimum absolute atomic E-state index is 0.199. The lowest BCUT2D eigenvalue weighted by Gasteiger charge is -2.11. The third-order valence-corrected chi connectivity index (χ3v) is 3.91. The second kappa shape index (κ2) is 4.71. The van der Waals surface area contributed by atoms with Crippen molar-refractivity contribution < 1.29 is 4.39 Å². The molecule has 0 spiro atoms. The third kappa shape index (κ3) is 1.98. The highest BCUT2D eigenvalue weighted by molar-refractivity contribution is 6.13. The van der Waals surface area contributed by atoms with Gasteiger partial charge in [0.15, 0.2) is 0 Å². The van der Waals surface area contributed by atoms with Crippen molar-refractivity contribution >= 4 is 21.5 Å². The van der Waals surface area contributed by atoms with Gasteiger partial charge in [0.2, 0.25) is 0 Å². The van der Waals surface area contributed by atoms with Gasteiger partial charge in [-0.25, -0.2) is 4.39 Å². The molecule has 0 N–H and O–H groups in total. The van der Waals surface area contributed by atoms with Crippen LogP contribution in [0.1, 0.15) is 0 Å². The summed E-state index contributed by atoms with van der Waals surface area (Å²) in [7, 11) is 0. The van der Waals surface area contributed by atoms with Gasteiger partial charge in [0.05, 0.1) is 0 Å². The fourth-order valence-electron chi connectivity index (χ4n) is 2.93. The quantitative estimate of drug-likeness (QED) is 0.384. The van der Waals surface area contributed by atoms with Crippen LogP contribution in [0.4, 0.5) is 4.39 Å². The van der Waals surface area contributed by atoms with E-state index < -0.39 is 0 Å². The molecule has 4 rings (SSSR count). The molecule has 0 unspecified atom stereocenters. The highest BCUT2D eigenvalue weighted by Gasteiger charge is 2.09. The molecule has 4 aromatic rings. The summed E-state index contributed by atoms with van der Waals surface area (Å²) >= 11 is 0. The molecular weight excluding hydrogens is 259 g/mol. The molecule has 4 aromatic carbocycles. The van der Waals surface area contributed by atoms with E-state index in [1.165, 1.54) is 11.5 Å². The standard InChI is InChI=1S/C20H13F/c21-16-10-11-18-17-9-5-4-8-15(17)12-19(20(18)13-16)14-6-2-1-3-7-14/h1-13H. The van der Waals surface area contributed by atoms with Gasteiger partial charge in [-0.2, -0.15) is 0 Å². The molecule has 0 saturated carbocycles. The van der Waals surface area contributed by atoms with Crippen LogP contribution in [-0.2, 0) is 0 Å². The molecule has 0 fully saturated rings. The lowest BCUT2D eigenvalue weighted by Crippen LogP contribution is -1.85. The second-order valence-corrected chi connectivity index (χ2v) is 5.20. The van der Waals surface area contributed by atoms with Gasteiger partial charge in [-0.1, -0.05) is 60.7 Å². The van der Waals surface area contributed by atoms with E-state index in [9.17, 15) is 4.39 Å². The van der Waals surface area contributed by atoms with Crippen LogP contribution in [0.25, 0.3) is 32.7 Å². The molecule has 0 nitrogen and oxygen atoms in total. The van der Waals surface area contributed by atoms with Crippen molar-refractivity contribution in [1.82, 2.24) is 0 Å². The fraction of sp³-hybridized carbons (Fsp3) is 0. The predicted octanol–water partition coefficient (Wildman–Crippen LogP) is 5.80. The van der Waals surface area contributed by atoms with Crippen LogP contribution in [0.15, 0.2) is 78.9 Å². The van der Waals surface area contributed by atoms with Gasteiger partial charge in [-0.05, 0) is 50.9 Å². The van der Waals surface area contributed by atoms with E-state index >= 15 is 0 Å². The first-order valence-corrected chi connectivity index (χ1v) is 6.99.